The first-order valence-electron chi connectivity index (χ1n) is 9.91. The second-order valence-corrected chi connectivity index (χ2v) is 8.77. The lowest BCUT2D eigenvalue weighted by Crippen LogP contribution is -2.44. The second kappa shape index (κ2) is 7.44. The van der Waals surface area contributed by atoms with Gasteiger partial charge in [-0.2, -0.15) is 0 Å². The molecule has 1 aromatic carbocycles. The fourth-order valence-corrected chi connectivity index (χ4v) is 4.87. The summed E-state index contributed by atoms with van der Waals surface area (Å²) in [6.07, 6.45) is 4.73. The number of carbonyl (C=O) groups excluding carboxylic acids is 2. The second-order valence-electron chi connectivity index (χ2n) is 8.34. The summed E-state index contributed by atoms with van der Waals surface area (Å²) in [6.45, 7) is 5.69. The molecule has 3 aliphatic rings. The van der Waals surface area contributed by atoms with Crippen molar-refractivity contribution in [2.45, 2.75) is 45.1 Å². The van der Waals surface area contributed by atoms with Crippen LogP contribution in [0.3, 0.4) is 0 Å². The quantitative estimate of drug-likeness (QED) is 0.795. The smallest absolute Gasteiger partial charge is 0.254 e. The van der Waals surface area contributed by atoms with Crippen LogP contribution in [-0.2, 0) is 9.53 Å². The molecular weight excluding hydrogens is 364 g/mol. The number of hydrogen-bond donors (Lipinski definition) is 0. The highest BCUT2D eigenvalue weighted by atomic mass is 35.5. The Hall–Kier alpha value is -1.59. The first kappa shape index (κ1) is 18.8. The lowest BCUT2D eigenvalue weighted by atomic mass is 9.77. The van der Waals surface area contributed by atoms with E-state index in [-0.39, 0.29) is 23.3 Å². The highest BCUT2D eigenvalue weighted by Gasteiger charge is 2.46. The molecule has 3 aliphatic heterocycles. The summed E-state index contributed by atoms with van der Waals surface area (Å²) in [6, 6.07) is 5.46. The summed E-state index contributed by atoms with van der Waals surface area (Å²) >= 11 is 6.08. The number of halogens is 1. The minimum atomic E-state index is 0.0237. The summed E-state index contributed by atoms with van der Waals surface area (Å²) in [4.78, 5) is 29.3. The highest BCUT2D eigenvalue weighted by Crippen LogP contribution is 2.41. The van der Waals surface area contributed by atoms with Gasteiger partial charge in [-0.25, -0.2) is 0 Å². The standard InChI is InChI=1S/C21H27ClN2O3/c1-15-4-5-16(22)11-18(15)20(26)23-8-6-21(7-9-23)12-19(25)24(14-21)13-17-3-2-10-27-17/h4-5,11,17H,2-3,6-10,12-14H2,1H3. The molecule has 0 saturated carbocycles. The average molecular weight is 391 g/mol. The maximum atomic E-state index is 12.9. The summed E-state index contributed by atoms with van der Waals surface area (Å²) < 4.78 is 5.70. The lowest BCUT2D eigenvalue weighted by molar-refractivity contribution is -0.129. The Labute approximate surface area is 165 Å². The molecule has 3 saturated heterocycles. The van der Waals surface area contributed by atoms with Crippen LogP contribution >= 0.6 is 11.6 Å². The number of amides is 2. The number of benzene rings is 1. The van der Waals surface area contributed by atoms with Crippen molar-refractivity contribution < 1.29 is 14.3 Å². The molecule has 3 heterocycles. The zero-order chi connectivity index (χ0) is 19.0. The van der Waals surface area contributed by atoms with Gasteiger partial charge in [0.25, 0.3) is 5.91 Å². The predicted molar refractivity (Wildman–Crippen MR) is 104 cm³/mol. The van der Waals surface area contributed by atoms with E-state index in [9.17, 15) is 9.59 Å². The number of likely N-dealkylation sites (tertiary alicyclic amines) is 2. The highest BCUT2D eigenvalue weighted by molar-refractivity contribution is 6.31. The molecule has 0 radical (unpaired) electrons. The fraction of sp³-hybridized carbons (Fsp3) is 0.619. The van der Waals surface area contributed by atoms with E-state index >= 15 is 0 Å². The minimum Gasteiger partial charge on any atom is -0.376 e. The third-order valence-electron chi connectivity index (χ3n) is 6.39. The van der Waals surface area contributed by atoms with Crippen LogP contribution in [-0.4, -0.2) is 60.5 Å². The van der Waals surface area contributed by atoms with E-state index in [0.29, 0.717) is 30.1 Å². The van der Waals surface area contributed by atoms with Crippen molar-refractivity contribution in [2.24, 2.45) is 5.41 Å². The van der Waals surface area contributed by atoms with Crippen molar-refractivity contribution in [1.29, 1.82) is 0 Å². The number of hydrogen-bond acceptors (Lipinski definition) is 3. The van der Waals surface area contributed by atoms with E-state index in [0.717, 1.165) is 50.9 Å². The molecule has 27 heavy (non-hydrogen) atoms. The first-order valence-corrected chi connectivity index (χ1v) is 10.3. The van der Waals surface area contributed by atoms with E-state index in [1.807, 2.05) is 28.9 Å². The number of piperidine rings is 1. The minimum absolute atomic E-state index is 0.0237. The topological polar surface area (TPSA) is 49.9 Å². The molecule has 1 atom stereocenters. The van der Waals surface area contributed by atoms with Crippen molar-refractivity contribution >= 4 is 23.4 Å². The predicted octanol–water partition coefficient (Wildman–Crippen LogP) is 3.28. The van der Waals surface area contributed by atoms with Crippen LogP contribution in [0.1, 0.15) is 48.0 Å². The summed E-state index contributed by atoms with van der Waals surface area (Å²) in [5.41, 5.74) is 1.65. The van der Waals surface area contributed by atoms with Crippen LogP contribution in [0.25, 0.3) is 0 Å². The van der Waals surface area contributed by atoms with Gasteiger partial charge in [0.05, 0.1) is 6.10 Å². The molecule has 1 spiro atoms. The summed E-state index contributed by atoms with van der Waals surface area (Å²) in [7, 11) is 0. The number of carbonyl (C=O) groups is 2. The molecule has 1 aromatic rings. The Morgan fingerprint density at radius 2 is 2.11 bits per heavy atom. The van der Waals surface area contributed by atoms with Crippen molar-refractivity contribution in [1.82, 2.24) is 9.80 Å². The van der Waals surface area contributed by atoms with Crippen molar-refractivity contribution in [3.05, 3.63) is 34.3 Å². The molecule has 146 valence electrons. The normalized spacial score (nSPS) is 24.8. The van der Waals surface area contributed by atoms with Crippen molar-refractivity contribution in [3.8, 4) is 0 Å². The largest absolute Gasteiger partial charge is 0.376 e. The zero-order valence-electron chi connectivity index (χ0n) is 15.9. The molecule has 4 rings (SSSR count). The molecule has 0 aliphatic carbocycles. The Balaban J connectivity index is 1.37. The van der Waals surface area contributed by atoms with E-state index < -0.39 is 0 Å². The summed E-state index contributed by atoms with van der Waals surface area (Å²) in [5.74, 6) is 0.293. The Morgan fingerprint density at radius 3 is 2.81 bits per heavy atom. The Morgan fingerprint density at radius 1 is 1.33 bits per heavy atom. The van der Waals surface area contributed by atoms with Gasteiger partial charge in [-0.1, -0.05) is 17.7 Å². The first-order chi connectivity index (χ1) is 13.0. The van der Waals surface area contributed by atoms with Crippen molar-refractivity contribution in [2.75, 3.05) is 32.8 Å². The van der Waals surface area contributed by atoms with Gasteiger partial charge in [0.15, 0.2) is 0 Å². The van der Waals surface area contributed by atoms with Gasteiger partial charge >= 0.3 is 0 Å². The van der Waals surface area contributed by atoms with Gasteiger partial charge in [0.1, 0.15) is 0 Å². The van der Waals surface area contributed by atoms with Gasteiger partial charge in [-0.05, 0) is 50.3 Å². The molecule has 2 amide bonds. The molecule has 3 fully saturated rings. The maximum Gasteiger partial charge on any atom is 0.254 e. The van der Waals surface area contributed by atoms with E-state index in [2.05, 4.69) is 0 Å². The monoisotopic (exact) mass is 390 g/mol. The molecular formula is C21H27ClN2O3. The molecule has 6 heteroatoms. The van der Waals surface area contributed by atoms with E-state index in [1.165, 1.54) is 0 Å². The zero-order valence-corrected chi connectivity index (χ0v) is 16.6. The van der Waals surface area contributed by atoms with Crippen LogP contribution in [0.4, 0.5) is 0 Å². The van der Waals surface area contributed by atoms with Gasteiger partial charge in [0, 0.05) is 55.2 Å². The van der Waals surface area contributed by atoms with Gasteiger partial charge in [0.2, 0.25) is 5.91 Å². The van der Waals surface area contributed by atoms with E-state index in [4.69, 9.17) is 16.3 Å². The van der Waals surface area contributed by atoms with Gasteiger partial charge < -0.3 is 14.5 Å². The van der Waals surface area contributed by atoms with Gasteiger partial charge in [-0.15, -0.1) is 0 Å². The van der Waals surface area contributed by atoms with Crippen LogP contribution in [0.5, 0.6) is 0 Å². The maximum absolute atomic E-state index is 12.9. The van der Waals surface area contributed by atoms with Crippen molar-refractivity contribution in [3.63, 3.8) is 0 Å². The Bertz CT molecular complexity index is 737. The van der Waals surface area contributed by atoms with Crippen LogP contribution in [0.2, 0.25) is 5.02 Å². The van der Waals surface area contributed by atoms with Crippen LogP contribution in [0.15, 0.2) is 18.2 Å². The summed E-state index contributed by atoms with van der Waals surface area (Å²) in [5, 5.41) is 0.587. The molecule has 1 unspecified atom stereocenters. The van der Waals surface area contributed by atoms with Crippen LogP contribution in [0, 0.1) is 12.3 Å². The SMILES string of the molecule is Cc1ccc(Cl)cc1C(=O)N1CCC2(CC1)CC(=O)N(CC1CCCO1)C2. The third kappa shape index (κ3) is 3.85. The molecule has 5 nitrogen and oxygen atoms in total. The Kier molecular flexibility index (Phi) is 5.17. The number of aryl methyl sites for hydroxylation is 1. The molecule has 0 aromatic heterocycles. The average Bonchev–Trinajstić information content (AvgIpc) is 3.26. The van der Waals surface area contributed by atoms with E-state index in [1.54, 1.807) is 6.07 Å². The molecule has 0 bridgehead atoms. The fourth-order valence-electron chi connectivity index (χ4n) is 4.70. The molecule has 0 N–H and O–H groups in total. The number of rotatable bonds is 3. The lowest BCUT2D eigenvalue weighted by Gasteiger charge is -2.39. The third-order valence-corrected chi connectivity index (χ3v) is 6.63. The van der Waals surface area contributed by atoms with Crippen LogP contribution < -0.4 is 0 Å². The van der Waals surface area contributed by atoms with Gasteiger partial charge in [-0.3, -0.25) is 9.59 Å². The number of ether oxygens (including phenoxy) is 1. The number of nitrogens with zero attached hydrogens (tertiary/aromatic N) is 2.